The summed E-state index contributed by atoms with van der Waals surface area (Å²) in [7, 11) is 1.57. The van der Waals surface area contributed by atoms with Gasteiger partial charge in [0.1, 0.15) is 23.2 Å². The van der Waals surface area contributed by atoms with Gasteiger partial charge in [-0.2, -0.15) is 5.26 Å². The minimum absolute atomic E-state index is 0.0312. The van der Waals surface area contributed by atoms with Crippen LogP contribution in [-0.2, 0) is 4.79 Å². The molecule has 0 saturated carbocycles. The molecule has 0 atom stereocenters. The summed E-state index contributed by atoms with van der Waals surface area (Å²) in [4.78, 5) is 14.3. The molecule has 1 N–H and O–H groups in total. The molecule has 1 amide bonds. The standard InChI is InChI=1S/C19H21N3O3/c1-4-22(5-2)18-11-10-17(25-18)12-14(13-20)19(23)21-15-6-8-16(24-3)9-7-15/h6-12H,4-5H2,1-3H3,(H,21,23)/b14-12-. The largest absolute Gasteiger partial charge is 0.497 e. The second kappa shape index (κ2) is 8.60. The SMILES string of the molecule is CCN(CC)c1ccc(/C=C(/C#N)C(=O)Nc2ccc(OC)cc2)o1. The Morgan fingerprint density at radius 3 is 2.48 bits per heavy atom. The van der Waals surface area contributed by atoms with E-state index in [1.54, 1.807) is 37.4 Å². The summed E-state index contributed by atoms with van der Waals surface area (Å²) in [6, 6.07) is 12.4. The van der Waals surface area contributed by atoms with E-state index in [1.165, 1.54) is 6.08 Å². The maximum absolute atomic E-state index is 12.3. The summed E-state index contributed by atoms with van der Waals surface area (Å²) < 4.78 is 10.8. The van der Waals surface area contributed by atoms with Crippen LogP contribution in [0.3, 0.4) is 0 Å². The molecule has 0 fully saturated rings. The van der Waals surface area contributed by atoms with Crippen LogP contribution >= 0.6 is 0 Å². The van der Waals surface area contributed by atoms with Crippen molar-refractivity contribution in [3.05, 3.63) is 47.7 Å². The van der Waals surface area contributed by atoms with Crippen LogP contribution in [0.4, 0.5) is 11.6 Å². The number of anilines is 2. The molecule has 0 bridgehead atoms. The number of furan rings is 1. The summed E-state index contributed by atoms with van der Waals surface area (Å²) in [5, 5.41) is 12.0. The first-order valence-corrected chi connectivity index (χ1v) is 8.03. The van der Waals surface area contributed by atoms with Crippen molar-refractivity contribution in [2.75, 3.05) is 30.4 Å². The molecule has 1 aromatic heterocycles. The highest BCUT2D eigenvalue weighted by atomic mass is 16.5. The number of amides is 1. The molecule has 0 unspecified atom stereocenters. The number of methoxy groups -OCH3 is 1. The number of hydrogen-bond acceptors (Lipinski definition) is 5. The fourth-order valence-corrected chi connectivity index (χ4v) is 2.29. The van der Waals surface area contributed by atoms with Gasteiger partial charge >= 0.3 is 0 Å². The van der Waals surface area contributed by atoms with E-state index in [-0.39, 0.29) is 5.57 Å². The van der Waals surface area contributed by atoms with Crippen LogP contribution in [0.2, 0.25) is 0 Å². The molecule has 0 radical (unpaired) electrons. The van der Waals surface area contributed by atoms with Gasteiger partial charge in [0.2, 0.25) is 0 Å². The van der Waals surface area contributed by atoms with E-state index in [9.17, 15) is 10.1 Å². The Hall–Kier alpha value is -3.20. The molecule has 1 heterocycles. The minimum Gasteiger partial charge on any atom is -0.497 e. The van der Waals surface area contributed by atoms with Crippen molar-refractivity contribution >= 4 is 23.6 Å². The predicted octanol–water partition coefficient (Wildman–Crippen LogP) is 3.68. The lowest BCUT2D eigenvalue weighted by Gasteiger charge is -2.16. The van der Waals surface area contributed by atoms with E-state index in [4.69, 9.17) is 9.15 Å². The molecule has 1 aromatic carbocycles. The number of ether oxygens (including phenoxy) is 1. The van der Waals surface area contributed by atoms with Crippen LogP contribution in [0.1, 0.15) is 19.6 Å². The number of carbonyl (C=O) groups excluding carboxylic acids is 1. The Balaban J connectivity index is 2.13. The highest BCUT2D eigenvalue weighted by Crippen LogP contribution is 2.21. The number of carbonyl (C=O) groups is 1. The van der Waals surface area contributed by atoms with E-state index in [2.05, 4.69) is 5.32 Å². The van der Waals surface area contributed by atoms with Gasteiger partial charge in [0.15, 0.2) is 5.88 Å². The van der Waals surface area contributed by atoms with Gasteiger partial charge in [-0.1, -0.05) is 0 Å². The van der Waals surface area contributed by atoms with Gasteiger partial charge in [-0.3, -0.25) is 4.79 Å². The summed E-state index contributed by atoms with van der Waals surface area (Å²) in [6.45, 7) is 5.70. The van der Waals surface area contributed by atoms with E-state index in [0.29, 0.717) is 23.1 Å². The van der Waals surface area contributed by atoms with Crippen LogP contribution in [0.15, 0.2) is 46.4 Å². The Bertz CT molecular complexity index is 781. The molecule has 130 valence electrons. The fourth-order valence-electron chi connectivity index (χ4n) is 2.29. The van der Waals surface area contributed by atoms with E-state index in [0.717, 1.165) is 13.1 Å². The highest BCUT2D eigenvalue weighted by Gasteiger charge is 2.12. The number of hydrogen-bond donors (Lipinski definition) is 1. The van der Waals surface area contributed by atoms with Crippen molar-refractivity contribution in [2.24, 2.45) is 0 Å². The molecule has 0 saturated heterocycles. The summed E-state index contributed by atoms with van der Waals surface area (Å²) in [6.07, 6.45) is 1.44. The van der Waals surface area contributed by atoms with Crippen LogP contribution in [-0.4, -0.2) is 26.1 Å². The zero-order valence-electron chi connectivity index (χ0n) is 14.6. The molecule has 0 aliphatic heterocycles. The topological polar surface area (TPSA) is 78.5 Å². The average molecular weight is 339 g/mol. The lowest BCUT2D eigenvalue weighted by Crippen LogP contribution is -2.20. The van der Waals surface area contributed by atoms with E-state index in [1.807, 2.05) is 30.9 Å². The summed E-state index contributed by atoms with van der Waals surface area (Å²) in [5.41, 5.74) is 0.548. The first-order valence-electron chi connectivity index (χ1n) is 8.03. The van der Waals surface area contributed by atoms with E-state index >= 15 is 0 Å². The number of benzene rings is 1. The Morgan fingerprint density at radius 1 is 1.24 bits per heavy atom. The second-order valence-corrected chi connectivity index (χ2v) is 5.20. The quantitative estimate of drug-likeness (QED) is 0.615. The Morgan fingerprint density at radius 2 is 1.92 bits per heavy atom. The fraction of sp³-hybridized carbons (Fsp3) is 0.263. The highest BCUT2D eigenvalue weighted by molar-refractivity contribution is 6.09. The number of nitrogens with zero attached hydrogens (tertiary/aromatic N) is 2. The minimum atomic E-state index is -0.492. The monoisotopic (exact) mass is 339 g/mol. The molecular weight excluding hydrogens is 318 g/mol. The van der Waals surface area contributed by atoms with Crippen molar-refractivity contribution in [1.29, 1.82) is 5.26 Å². The molecule has 2 aromatic rings. The van der Waals surface area contributed by atoms with Crippen LogP contribution in [0.25, 0.3) is 6.08 Å². The van der Waals surface area contributed by atoms with Gasteiger partial charge in [-0.05, 0) is 44.2 Å². The smallest absolute Gasteiger partial charge is 0.266 e. The summed E-state index contributed by atoms with van der Waals surface area (Å²) in [5.74, 6) is 1.37. The average Bonchev–Trinajstić information content (AvgIpc) is 3.09. The van der Waals surface area contributed by atoms with Gasteiger partial charge in [0, 0.05) is 30.9 Å². The first kappa shape index (κ1) is 18.1. The Kier molecular flexibility index (Phi) is 6.24. The van der Waals surface area contributed by atoms with Gasteiger partial charge in [-0.25, -0.2) is 0 Å². The van der Waals surface area contributed by atoms with Gasteiger partial charge < -0.3 is 19.4 Å². The maximum Gasteiger partial charge on any atom is 0.266 e. The second-order valence-electron chi connectivity index (χ2n) is 5.20. The van der Waals surface area contributed by atoms with Crippen LogP contribution in [0, 0.1) is 11.3 Å². The van der Waals surface area contributed by atoms with Crippen LogP contribution in [0.5, 0.6) is 5.75 Å². The van der Waals surface area contributed by atoms with Crippen LogP contribution < -0.4 is 15.0 Å². The van der Waals surface area contributed by atoms with Gasteiger partial charge in [0.25, 0.3) is 5.91 Å². The third-order valence-electron chi connectivity index (χ3n) is 3.69. The first-order chi connectivity index (χ1) is 12.1. The van der Waals surface area contributed by atoms with E-state index < -0.39 is 5.91 Å². The molecular formula is C19H21N3O3. The van der Waals surface area contributed by atoms with Crippen molar-refractivity contribution < 1.29 is 13.9 Å². The molecule has 6 nitrogen and oxygen atoms in total. The van der Waals surface area contributed by atoms with Gasteiger partial charge in [0.05, 0.1) is 7.11 Å². The number of nitriles is 1. The zero-order valence-corrected chi connectivity index (χ0v) is 14.6. The Labute approximate surface area is 147 Å². The van der Waals surface area contributed by atoms with Gasteiger partial charge in [-0.15, -0.1) is 0 Å². The third-order valence-corrected chi connectivity index (χ3v) is 3.69. The molecule has 6 heteroatoms. The lowest BCUT2D eigenvalue weighted by molar-refractivity contribution is -0.112. The zero-order chi connectivity index (χ0) is 18.2. The molecule has 0 aliphatic carbocycles. The number of nitrogens with one attached hydrogen (secondary N) is 1. The molecule has 25 heavy (non-hydrogen) atoms. The van der Waals surface area contributed by atoms with Crippen molar-refractivity contribution in [1.82, 2.24) is 0 Å². The normalized spacial score (nSPS) is 10.9. The van der Waals surface area contributed by atoms with Crippen molar-refractivity contribution in [3.8, 4) is 11.8 Å². The van der Waals surface area contributed by atoms with Crippen molar-refractivity contribution in [3.63, 3.8) is 0 Å². The lowest BCUT2D eigenvalue weighted by atomic mass is 10.2. The maximum atomic E-state index is 12.3. The molecule has 0 spiro atoms. The summed E-state index contributed by atoms with van der Waals surface area (Å²) >= 11 is 0. The predicted molar refractivity (Wildman–Crippen MR) is 97.5 cm³/mol. The third kappa shape index (κ3) is 4.64. The van der Waals surface area contributed by atoms with Crippen molar-refractivity contribution in [2.45, 2.75) is 13.8 Å². The molecule has 2 rings (SSSR count). The number of rotatable bonds is 7. The molecule has 0 aliphatic rings.